The maximum Gasteiger partial charge on any atom is 0.261 e. The van der Waals surface area contributed by atoms with E-state index in [0.29, 0.717) is 77.5 Å². The lowest BCUT2D eigenvalue weighted by Gasteiger charge is -2.24. The Bertz CT molecular complexity index is 4780. The van der Waals surface area contributed by atoms with E-state index < -0.39 is 0 Å². The molecule has 6 aliphatic rings. The van der Waals surface area contributed by atoms with Crippen LogP contribution in [-0.4, -0.2) is 88.1 Å². The number of para-hydroxylation sites is 3. The van der Waals surface area contributed by atoms with E-state index in [1.807, 2.05) is 163 Å². The zero-order valence-corrected chi connectivity index (χ0v) is 63.1. The molecule has 3 N–H and O–H groups in total. The Balaban J connectivity index is 0.000000200. The summed E-state index contributed by atoms with van der Waals surface area (Å²) in [6.07, 6.45) is 13.8. The van der Waals surface area contributed by atoms with Crippen molar-refractivity contribution in [2.45, 2.75) is 166 Å². The van der Waals surface area contributed by atoms with E-state index in [-0.39, 0.29) is 102 Å². The number of nitrogens with zero attached hydrogens (tertiary/aromatic N) is 4. The van der Waals surface area contributed by atoms with Gasteiger partial charge in [0.15, 0.2) is 11.5 Å². The van der Waals surface area contributed by atoms with Crippen molar-refractivity contribution in [3.63, 3.8) is 0 Å². The Morgan fingerprint density at radius 3 is 1.40 bits per heavy atom. The number of methoxy groups -OCH3 is 1. The molecule has 0 saturated carbocycles. The summed E-state index contributed by atoms with van der Waals surface area (Å²) < 4.78 is 24.8. The fourth-order valence-corrected chi connectivity index (χ4v) is 15.9. The van der Waals surface area contributed by atoms with Crippen molar-refractivity contribution in [2.75, 3.05) is 45.0 Å². The zero-order chi connectivity index (χ0) is 72.6. The number of aryl methyl sites for hydroxylation is 4. The Morgan fingerprint density at radius 1 is 0.524 bits per heavy atom. The monoisotopic (exact) mass is 1460 g/mol. The summed E-state index contributed by atoms with van der Waals surface area (Å²) in [6.45, 7) is 12.8. The molecule has 0 spiro atoms. The SMILES string of the molecule is COc1cc2c(cc1OCc1cc(COc3cc4c(cc3C)C(=O)N3c5ccccc5C[C@H]3CC4)cc(NC(=O)CCC(C)(C)S(C)=S)c1)N=C[C@@H]1Cc3ccccc3N1C2=O.Cc1cc2c(cc1OCc1cc(CO)cc(NC(=O)CCC(C)(C)S(C)=S)c1)CC[C@@H]1Cc3ccccc3N1C2=O. The van der Waals surface area contributed by atoms with Crippen LogP contribution in [-0.2, 0) is 109 Å². The van der Waals surface area contributed by atoms with E-state index in [4.69, 9.17) is 46.3 Å². The minimum absolute atomic E-state index is 0.0387. The number of carbonyl (C=O) groups excluding carboxylic acids is 5. The minimum atomic E-state index is -0.262. The zero-order valence-electron chi connectivity index (χ0n) is 59.8. The van der Waals surface area contributed by atoms with Gasteiger partial charge in [0.1, 0.15) is 31.3 Å². The van der Waals surface area contributed by atoms with Gasteiger partial charge in [0.05, 0.1) is 31.0 Å². The summed E-state index contributed by atoms with van der Waals surface area (Å²) in [5.74, 6) is 2.07. The van der Waals surface area contributed by atoms with Crippen molar-refractivity contribution in [1.82, 2.24) is 0 Å². The summed E-state index contributed by atoms with van der Waals surface area (Å²) in [7, 11) is 1.09. The van der Waals surface area contributed by atoms with Crippen LogP contribution in [0.25, 0.3) is 0 Å². The Hall–Kier alpha value is -8.92. The summed E-state index contributed by atoms with van der Waals surface area (Å²) in [6, 6.07) is 47.3. The molecule has 0 saturated heterocycles. The number of anilines is 5. The molecule has 2 unspecified atom stereocenters. The first kappa shape index (κ1) is 72.4. The number of fused-ring (bicyclic) bond motifs is 12. The molecule has 0 bridgehead atoms. The van der Waals surface area contributed by atoms with Crippen LogP contribution >= 0.6 is 0 Å². The second-order valence-electron chi connectivity index (χ2n) is 28.9. The lowest BCUT2D eigenvalue weighted by Crippen LogP contribution is -2.37. The number of rotatable bonds is 21. The first-order valence-electron chi connectivity index (χ1n) is 35.2. The first-order chi connectivity index (χ1) is 49.4. The van der Waals surface area contributed by atoms with Gasteiger partial charge in [-0.1, -0.05) is 105 Å². The Labute approximate surface area is 617 Å². The summed E-state index contributed by atoms with van der Waals surface area (Å²) in [4.78, 5) is 78.3. The van der Waals surface area contributed by atoms with Crippen LogP contribution in [0.3, 0.4) is 0 Å². The molecule has 16 nitrogen and oxygen atoms in total. The number of carbonyl (C=O) groups is 5. The quantitative estimate of drug-likeness (QED) is 0.0618. The fourth-order valence-electron chi connectivity index (χ4n) is 14.7. The van der Waals surface area contributed by atoms with Gasteiger partial charge in [0.2, 0.25) is 11.8 Å². The topological polar surface area (TPSA) is 189 Å². The van der Waals surface area contributed by atoms with E-state index in [1.165, 1.54) is 11.1 Å². The lowest BCUT2D eigenvalue weighted by atomic mass is 9.98. The summed E-state index contributed by atoms with van der Waals surface area (Å²) in [5, 5.41) is 15.9. The van der Waals surface area contributed by atoms with Crippen molar-refractivity contribution >= 4 is 111 Å². The van der Waals surface area contributed by atoms with E-state index in [2.05, 4.69) is 50.5 Å². The highest BCUT2D eigenvalue weighted by atomic mass is 32.8. The molecule has 5 amide bonds. The highest BCUT2D eigenvalue weighted by Crippen LogP contribution is 2.44. The van der Waals surface area contributed by atoms with Crippen molar-refractivity contribution in [3.8, 4) is 23.0 Å². The normalized spacial score (nSPS) is 17.4. The number of hydrogen-bond acceptors (Lipinski definition) is 13. The molecule has 6 heterocycles. The van der Waals surface area contributed by atoms with Gasteiger partial charge in [0.25, 0.3) is 17.7 Å². The number of benzene rings is 8. The van der Waals surface area contributed by atoms with Crippen LogP contribution in [0.1, 0.15) is 158 Å². The van der Waals surface area contributed by atoms with Gasteiger partial charge in [-0.3, -0.25) is 33.9 Å². The van der Waals surface area contributed by atoms with Crippen molar-refractivity contribution in [1.29, 1.82) is 0 Å². The van der Waals surface area contributed by atoms with Gasteiger partial charge >= 0.3 is 0 Å². The minimum Gasteiger partial charge on any atom is -0.493 e. The van der Waals surface area contributed by atoms with Crippen molar-refractivity contribution in [2.24, 2.45) is 4.99 Å². The average Bonchev–Trinajstić information content (AvgIpc) is 1.63. The number of amides is 5. The largest absolute Gasteiger partial charge is 0.493 e. The highest BCUT2D eigenvalue weighted by molar-refractivity contribution is 8.29. The number of ether oxygens (including phenoxy) is 4. The third kappa shape index (κ3) is 15.7. The molecule has 103 heavy (non-hydrogen) atoms. The molecular formula is C83H88N6O10S4. The molecule has 0 fully saturated rings. The van der Waals surface area contributed by atoms with E-state index in [9.17, 15) is 29.1 Å². The maximum absolute atomic E-state index is 14.0. The van der Waals surface area contributed by atoms with Crippen LogP contribution in [0.5, 0.6) is 23.0 Å². The molecule has 0 aliphatic carbocycles. The average molecular weight is 1460 g/mol. The maximum atomic E-state index is 14.0. The van der Waals surface area contributed by atoms with Gasteiger partial charge in [-0.15, -0.1) is 18.9 Å². The predicted molar refractivity (Wildman–Crippen MR) is 419 cm³/mol. The number of aliphatic imine (C=N–C) groups is 1. The second-order valence-corrected chi connectivity index (χ2v) is 36.0. The fraction of sp³-hybridized carbons (Fsp3) is 0.349. The standard InChI is InChI=1S/C50H50N4O6S2.C33H38N2O4S2/c1-30-18-39-33(14-15-37-22-34-10-6-8-12-42(34)53(37)48(39)56)24-44(30)59-28-31-19-32(21-36(20-31)52-47(55)16-17-50(2,3)62(5)61)29-60-46-26-41-40(25-45(46)58-4)49(57)54-38(27-51-41)23-35-11-7-9-13-43(35)54;1-21-13-28-24(9-10-27-17-25-7-5-6-8-29(25)35(27)32(28)38)18-30(21)39-20-23-14-22(19-36)15-26(16-23)34-31(37)11-12-33(2,3)41(4)40/h6-13,18-21,24-27,37-38H,14-17,22-23,28-29H2,1-5H3,(H,52,55);5-8,13-16,18,27,36H,9-12,17,19-20H2,1-4H3,(H,34,37)/t37-,38+,62?;27-,41?/m11/s1. The van der Waals surface area contributed by atoms with E-state index in [0.717, 1.165) is 117 Å². The van der Waals surface area contributed by atoms with Crippen LogP contribution in [0, 0.1) is 13.8 Å². The van der Waals surface area contributed by atoms with Crippen molar-refractivity contribution < 1.29 is 48.0 Å². The van der Waals surface area contributed by atoms with Crippen LogP contribution < -0.4 is 44.3 Å². The molecule has 20 heteroatoms. The Morgan fingerprint density at radius 2 is 0.942 bits per heavy atom. The summed E-state index contributed by atoms with van der Waals surface area (Å²) >= 11 is 11.0. The van der Waals surface area contributed by atoms with E-state index in [1.54, 1.807) is 25.3 Å². The molecule has 534 valence electrons. The number of aliphatic hydroxyl groups is 1. The molecule has 6 aliphatic heterocycles. The van der Waals surface area contributed by atoms with Crippen molar-refractivity contribution in [3.05, 3.63) is 223 Å². The number of aliphatic hydroxyl groups excluding tert-OH is 1. The van der Waals surface area contributed by atoms with Gasteiger partial charge in [-0.05, 0) is 224 Å². The van der Waals surface area contributed by atoms with Gasteiger partial charge in [0, 0.05) is 92.7 Å². The first-order valence-corrected chi connectivity index (χ1v) is 40.3. The third-order valence-electron chi connectivity index (χ3n) is 21.0. The highest BCUT2D eigenvalue weighted by Gasteiger charge is 2.40. The number of hydrogen-bond donors (Lipinski definition) is 3. The molecule has 5 atom stereocenters. The number of nitrogens with one attached hydrogen (secondary N) is 2. The van der Waals surface area contributed by atoms with Gasteiger partial charge in [-0.25, -0.2) is 0 Å². The van der Waals surface area contributed by atoms with E-state index >= 15 is 0 Å². The van der Waals surface area contributed by atoms with Crippen LogP contribution in [0.4, 0.5) is 34.1 Å². The third-order valence-corrected chi connectivity index (χ3v) is 27.2. The molecule has 0 aromatic heterocycles. The smallest absolute Gasteiger partial charge is 0.261 e. The summed E-state index contributed by atoms with van der Waals surface area (Å²) in [5.41, 5.74) is 17.1. The molecule has 14 rings (SSSR count). The second kappa shape index (κ2) is 30.4. The lowest BCUT2D eigenvalue weighted by molar-refractivity contribution is -0.117. The molecular weight excluding hydrogens is 1370 g/mol. The van der Waals surface area contributed by atoms with Crippen LogP contribution in [0.2, 0.25) is 0 Å². The molecule has 0 radical (unpaired) electrons. The predicted octanol–water partition coefficient (Wildman–Crippen LogP) is 15.0. The molecule has 8 aromatic carbocycles. The van der Waals surface area contributed by atoms with Crippen LogP contribution in [0.15, 0.2) is 151 Å². The molecule has 8 aromatic rings. The Kier molecular flexibility index (Phi) is 21.4. The van der Waals surface area contributed by atoms with Gasteiger partial charge < -0.3 is 44.5 Å². The van der Waals surface area contributed by atoms with Gasteiger partial charge in [-0.2, -0.15) is 0 Å².